The van der Waals surface area contributed by atoms with E-state index < -0.39 is 11.9 Å². The molecular weight excluding hydrogens is 357 g/mol. The molecule has 0 saturated carbocycles. The summed E-state index contributed by atoms with van der Waals surface area (Å²) < 4.78 is 41.2. The lowest BCUT2D eigenvalue weighted by molar-refractivity contribution is -0.141. The van der Waals surface area contributed by atoms with Crippen molar-refractivity contribution in [3.8, 4) is 11.3 Å². The van der Waals surface area contributed by atoms with Gasteiger partial charge in [0, 0.05) is 17.3 Å². The Bertz CT molecular complexity index is 1080. The highest BCUT2D eigenvalue weighted by atomic mass is 19.4. The zero-order chi connectivity index (χ0) is 19.5. The van der Waals surface area contributed by atoms with Gasteiger partial charge >= 0.3 is 6.18 Å². The maximum Gasteiger partial charge on any atom is 0.433 e. The number of benzene rings is 1. The van der Waals surface area contributed by atoms with Crippen molar-refractivity contribution in [1.82, 2.24) is 14.8 Å². The number of hydrogen-bond donors (Lipinski definition) is 1. The molecule has 1 aliphatic rings. The summed E-state index contributed by atoms with van der Waals surface area (Å²) in [5.41, 5.74) is 3.33. The molecule has 0 bridgehead atoms. The van der Waals surface area contributed by atoms with Gasteiger partial charge < -0.3 is 5.32 Å². The van der Waals surface area contributed by atoms with Gasteiger partial charge in [-0.2, -0.15) is 18.3 Å². The summed E-state index contributed by atoms with van der Waals surface area (Å²) in [6, 6.07) is 5.90. The summed E-state index contributed by atoms with van der Waals surface area (Å²) in [5, 5.41) is 7.27. The molecule has 0 aliphatic carbocycles. The summed E-state index contributed by atoms with van der Waals surface area (Å²) in [6.07, 6.45) is -4.28. The van der Waals surface area contributed by atoms with Gasteiger partial charge in [0.25, 0.3) is 0 Å². The van der Waals surface area contributed by atoms with Crippen molar-refractivity contribution in [1.29, 1.82) is 0 Å². The second-order valence-electron chi connectivity index (χ2n) is 7.00. The fourth-order valence-electron chi connectivity index (χ4n) is 3.45. The number of aromatic nitrogens is 3. The summed E-state index contributed by atoms with van der Waals surface area (Å²) in [5.74, 6) is -0.0926. The first-order valence-electron chi connectivity index (χ1n) is 8.55. The number of aryl methyl sites for hydroxylation is 1. The average Bonchev–Trinajstić information content (AvgIpc) is 3.13. The summed E-state index contributed by atoms with van der Waals surface area (Å²) in [4.78, 5) is 15.6. The van der Waals surface area contributed by atoms with Crippen LogP contribution in [0.4, 0.5) is 18.9 Å². The molecule has 1 amide bonds. The number of hydrogen-bond acceptors (Lipinski definition) is 3. The molecule has 27 heavy (non-hydrogen) atoms. The smallest absolute Gasteiger partial charge is 0.325 e. The van der Waals surface area contributed by atoms with E-state index in [1.54, 1.807) is 4.68 Å². The minimum atomic E-state index is -4.53. The number of carbonyl (C=O) groups excluding carboxylic acids is 1. The third-order valence-corrected chi connectivity index (χ3v) is 4.63. The molecule has 0 unspecified atom stereocenters. The second-order valence-corrected chi connectivity index (χ2v) is 7.00. The van der Waals surface area contributed by atoms with Crippen molar-refractivity contribution >= 4 is 22.6 Å². The van der Waals surface area contributed by atoms with Gasteiger partial charge in [0.15, 0.2) is 0 Å². The van der Waals surface area contributed by atoms with Crippen LogP contribution in [-0.4, -0.2) is 20.7 Å². The van der Waals surface area contributed by atoms with E-state index in [2.05, 4.69) is 15.4 Å². The van der Waals surface area contributed by atoms with Gasteiger partial charge in [0.1, 0.15) is 16.7 Å². The van der Waals surface area contributed by atoms with Crippen molar-refractivity contribution in [3.63, 3.8) is 0 Å². The van der Waals surface area contributed by atoms with Gasteiger partial charge in [0.2, 0.25) is 5.91 Å². The first kappa shape index (κ1) is 17.5. The molecule has 0 saturated heterocycles. The molecule has 140 valence electrons. The molecule has 0 atom stereocenters. The van der Waals surface area contributed by atoms with E-state index in [4.69, 9.17) is 0 Å². The van der Waals surface area contributed by atoms with E-state index in [9.17, 15) is 18.0 Å². The number of rotatable bonds is 2. The van der Waals surface area contributed by atoms with Crippen molar-refractivity contribution in [2.45, 2.75) is 39.4 Å². The van der Waals surface area contributed by atoms with Gasteiger partial charge in [-0.05, 0) is 56.2 Å². The van der Waals surface area contributed by atoms with Crippen molar-refractivity contribution < 1.29 is 18.0 Å². The highest BCUT2D eigenvalue weighted by Crippen LogP contribution is 2.37. The van der Waals surface area contributed by atoms with Crippen molar-refractivity contribution in [2.24, 2.45) is 0 Å². The zero-order valence-electron chi connectivity index (χ0n) is 15.0. The summed E-state index contributed by atoms with van der Waals surface area (Å²) >= 11 is 0. The summed E-state index contributed by atoms with van der Waals surface area (Å²) in [7, 11) is 0. The topological polar surface area (TPSA) is 59.8 Å². The molecule has 8 heteroatoms. The minimum absolute atomic E-state index is 0.0724. The van der Waals surface area contributed by atoms with E-state index >= 15 is 0 Å². The number of amides is 1. The van der Waals surface area contributed by atoms with Crippen LogP contribution in [0.5, 0.6) is 0 Å². The maximum atomic E-state index is 13.2. The second kappa shape index (κ2) is 5.80. The van der Waals surface area contributed by atoms with Gasteiger partial charge in [-0.3, -0.25) is 9.48 Å². The lowest BCUT2D eigenvalue weighted by Gasteiger charge is -2.13. The molecule has 0 radical (unpaired) electrons. The summed E-state index contributed by atoms with van der Waals surface area (Å²) in [6.45, 7) is 5.68. The SMILES string of the molecule is Cc1cc(-c2c3nc(C(F)(F)F)ccc3nn2C(C)C)cc2c1NC(=O)C2. The van der Waals surface area contributed by atoms with Crippen LogP contribution < -0.4 is 5.32 Å². The normalized spacial score (nSPS) is 14.1. The van der Waals surface area contributed by atoms with Crippen LogP contribution in [0.2, 0.25) is 0 Å². The Balaban J connectivity index is 2.00. The van der Waals surface area contributed by atoms with Crippen molar-refractivity contribution in [2.75, 3.05) is 5.32 Å². The Morgan fingerprint density at radius 2 is 1.96 bits per heavy atom. The van der Waals surface area contributed by atoms with Crippen LogP contribution >= 0.6 is 0 Å². The first-order valence-corrected chi connectivity index (χ1v) is 8.55. The number of nitrogens with zero attached hydrogens (tertiary/aromatic N) is 3. The molecule has 0 spiro atoms. The lowest BCUT2D eigenvalue weighted by atomic mass is 10.0. The number of pyridine rings is 1. The highest BCUT2D eigenvalue weighted by Gasteiger charge is 2.33. The van der Waals surface area contributed by atoms with E-state index in [-0.39, 0.29) is 23.9 Å². The quantitative estimate of drug-likeness (QED) is 0.718. The Labute approximate surface area is 153 Å². The fraction of sp³-hybridized carbons (Fsp3) is 0.316. The first-order chi connectivity index (χ1) is 12.6. The Hall–Kier alpha value is -2.90. The van der Waals surface area contributed by atoms with Crippen LogP contribution in [0.1, 0.15) is 36.7 Å². The number of halogens is 3. The fourth-order valence-corrected chi connectivity index (χ4v) is 3.45. The van der Waals surface area contributed by atoms with Gasteiger partial charge in [-0.15, -0.1) is 0 Å². The van der Waals surface area contributed by atoms with E-state index in [1.165, 1.54) is 6.07 Å². The van der Waals surface area contributed by atoms with Gasteiger partial charge in [0.05, 0.1) is 12.1 Å². The Morgan fingerprint density at radius 1 is 1.22 bits per heavy atom. The molecular formula is C19H17F3N4O. The third-order valence-electron chi connectivity index (χ3n) is 4.63. The van der Waals surface area contributed by atoms with Crippen molar-refractivity contribution in [3.05, 3.63) is 41.1 Å². The predicted molar refractivity (Wildman–Crippen MR) is 95.4 cm³/mol. The average molecular weight is 374 g/mol. The minimum Gasteiger partial charge on any atom is -0.325 e. The van der Waals surface area contributed by atoms with Crippen LogP contribution in [0, 0.1) is 6.92 Å². The Kier molecular flexibility index (Phi) is 3.76. The number of carbonyl (C=O) groups is 1. The molecule has 4 rings (SSSR count). The number of fused-ring (bicyclic) bond motifs is 2. The molecule has 1 aliphatic heterocycles. The van der Waals surface area contributed by atoms with Gasteiger partial charge in [-0.1, -0.05) is 0 Å². The Morgan fingerprint density at radius 3 is 2.63 bits per heavy atom. The molecule has 5 nitrogen and oxygen atoms in total. The van der Waals surface area contributed by atoms with Crippen LogP contribution in [0.3, 0.4) is 0 Å². The third kappa shape index (κ3) is 2.85. The standard InChI is InChI=1S/C19H17F3N4O/c1-9(2)26-18(12-6-10(3)16-11(7-12)8-15(27)24-16)17-13(25-26)4-5-14(23-17)19(20,21)22/h4-7,9H,8H2,1-3H3,(H,24,27). The van der Waals surface area contributed by atoms with Crippen LogP contribution in [0.15, 0.2) is 24.3 Å². The van der Waals surface area contributed by atoms with E-state index in [0.717, 1.165) is 22.9 Å². The zero-order valence-corrected chi connectivity index (χ0v) is 15.0. The highest BCUT2D eigenvalue weighted by molar-refractivity contribution is 6.01. The monoisotopic (exact) mass is 374 g/mol. The van der Waals surface area contributed by atoms with Crippen LogP contribution in [0.25, 0.3) is 22.3 Å². The molecule has 0 fully saturated rings. The van der Waals surface area contributed by atoms with E-state index in [0.29, 0.717) is 16.8 Å². The number of nitrogens with one attached hydrogen (secondary N) is 1. The molecule has 2 aromatic heterocycles. The van der Waals surface area contributed by atoms with Gasteiger partial charge in [-0.25, -0.2) is 4.98 Å². The largest absolute Gasteiger partial charge is 0.433 e. The lowest BCUT2D eigenvalue weighted by Crippen LogP contribution is -2.08. The van der Waals surface area contributed by atoms with E-state index in [1.807, 2.05) is 32.9 Å². The molecule has 1 N–H and O–H groups in total. The maximum absolute atomic E-state index is 13.2. The molecule has 3 heterocycles. The molecule has 1 aromatic carbocycles. The number of anilines is 1. The predicted octanol–water partition coefficient (Wildman–Crippen LogP) is 4.50. The number of alkyl halides is 3. The van der Waals surface area contributed by atoms with Crippen LogP contribution in [-0.2, 0) is 17.4 Å². The molecule has 3 aromatic rings.